The number of ketones is 1. The number of aromatic nitrogens is 2. The molecule has 0 unspecified atom stereocenters. The van der Waals surface area contributed by atoms with Crippen molar-refractivity contribution in [2.75, 3.05) is 0 Å². The first-order valence-corrected chi connectivity index (χ1v) is 5.62. The topological polar surface area (TPSA) is 42.9 Å². The average molecular weight is 226 g/mol. The van der Waals surface area contributed by atoms with E-state index in [0.29, 0.717) is 12.1 Å². The second-order valence-electron chi connectivity index (χ2n) is 3.95. The van der Waals surface area contributed by atoms with E-state index < -0.39 is 0 Å². The molecule has 2 rings (SSSR count). The smallest absolute Gasteiger partial charge is 0.186 e. The number of hydrogen-bond acceptors (Lipinski definition) is 3. The molecule has 0 spiro atoms. The zero-order chi connectivity index (χ0) is 12.3. The highest BCUT2D eigenvalue weighted by atomic mass is 16.1. The minimum atomic E-state index is -0.0184. The summed E-state index contributed by atoms with van der Waals surface area (Å²) in [4.78, 5) is 20.4. The Balaban J connectivity index is 2.30. The third-order valence-corrected chi connectivity index (χ3v) is 2.64. The molecule has 0 aliphatic carbocycles. The number of carbonyl (C=O) groups excluding carboxylic acids is 1. The van der Waals surface area contributed by atoms with Crippen LogP contribution in [0, 0.1) is 0 Å². The van der Waals surface area contributed by atoms with Crippen molar-refractivity contribution >= 4 is 16.8 Å². The molecule has 0 saturated heterocycles. The first kappa shape index (κ1) is 11.5. The van der Waals surface area contributed by atoms with Crippen LogP contribution in [0.15, 0.2) is 42.6 Å². The van der Waals surface area contributed by atoms with Gasteiger partial charge < -0.3 is 0 Å². The second kappa shape index (κ2) is 4.87. The highest BCUT2D eigenvalue weighted by Crippen LogP contribution is 2.12. The van der Waals surface area contributed by atoms with Gasteiger partial charge in [0.1, 0.15) is 5.69 Å². The molecule has 0 aliphatic heterocycles. The van der Waals surface area contributed by atoms with Gasteiger partial charge in [0.15, 0.2) is 5.78 Å². The molecule has 1 heterocycles. The van der Waals surface area contributed by atoms with E-state index in [1.165, 1.54) is 6.20 Å². The summed E-state index contributed by atoms with van der Waals surface area (Å²) in [5.74, 6) is -0.0184. The van der Waals surface area contributed by atoms with Crippen molar-refractivity contribution in [3.63, 3.8) is 0 Å². The maximum atomic E-state index is 11.9. The van der Waals surface area contributed by atoms with E-state index in [1.54, 1.807) is 0 Å². The Labute approximate surface area is 100 Å². The number of nitrogens with zero attached hydrogens (tertiary/aromatic N) is 2. The summed E-state index contributed by atoms with van der Waals surface area (Å²) in [6.45, 7) is 5.82. The molecule has 0 atom stereocenters. The van der Waals surface area contributed by atoms with Gasteiger partial charge in [-0.2, -0.15) is 0 Å². The van der Waals surface area contributed by atoms with E-state index in [0.717, 1.165) is 23.0 Å². The Morgan fingerprint density at radius 2 is 2.00 bits per heavy atom. The number of allylic oxidation sites excluding steroid dienone is 1. The van der Waals surface area contributed by atoms with Crippen molar-refractivity contribution in [2.24, 2.45) is 0 Å². The van der Waals surface area contributed by atoms with Crippen molar-refractivity contribution < 1.29 is 4.79 Å². The molecule has 3 heteroatoms. The number of rotatable bonds is 4. The minimum absolute atomic E-state index is 0.0184. The number of hydrogen-bond donors (Lipinski definition) is 0. The largest absolute Gasteiger partial charge is 0.292 e. The highest BCUT2D eigenvalue weighted by Gasteiger charge is 2.09. The van der Waals surface area contributed by atoms with Crippen LogP contribution in [0.4, 0.5) is 0 Å². The first-order chi connectivity index (χ1) is 8.20. The molecule has 0 saturated carbocycles. The Kier molecular flexibility index (Phi) is 3.28. The molecule has 0 aliphatic rings. The Morgan fingerprint density at radius 1 is 1.29 bits per heavy atom. The fraction of sp³-hybridized carbons (Fsp3) is 0.214. The van der Waals surface area contributed by atoms with Gasteiger partial charge in [-0.05, 0) is 18.6 Å². The lowest BCUT2D eigenvalue weighted by molar-refractivity contribution is 0.0987. The van der Waals surface area contributed by atoms with Crippen molar-refractivity contribution in [2.45, 2.75) is 19.8 Å². The van der Waals surface area contributed by atoms with Gasteiger partial charge in [-0.15, -0.1) is 0 Å². The minimum Gasteiger partial charge on any atom is -0.292 e. The molecule has 3 nitrogen and oxygen atoms in total. The van der Waals surface area contributed by atoms with Crippen molar-refractivity contribution in [3.8, 4) is 0 Å². The van der Waals surface area contributed by atoms with Gasteiger partial charge in [-0.1, -0.05) is 31.2 Å². The predicted octanol–water partition coefficient (Wildman–Crippen LogP) is 3.17. The summed E-state index contributed by atoms with van der Waals surface area (Å²) < 4.78 is 0. The van der Waals surface area contributed by atoms with E-state index >= 15 is 0 Å². The zero-order valence-electron chi connectivity index (χ0n) is 9.81. The molecule has 86 valence electrons. The van der Waals surface area contributed by atoms with Gasteiger partial charge in [0, 0.05) is 6.42 Å². The Bertz CT molecular complexity index is 575. The molecule has 0 fully saturated rings. The van der Waals surface area contributed by atoms with Gasteiger partial charge in [0.25, 0.3) is 0 Å². The van der Waals surface area contributed by atoms with Crippen LogP contribution in [0.25, 0.3) is 11.0 Å². The first-order valence-electron chi connectivity index (χ1n) is 5.62. The van der Waals surface area contributed by atoms with E-state index in [2.05, 4.69) is 16.5 Å². The van der Waals surface area contributed by atoms with Crippen LogP contribution in [-0.2, 0) is 0 Å². The van der Waals surface area contributed by atoms with Crippen molar-refractivity contribution in [1.29, 1.82) is 0 Å². The molecular weight excluding hydrogens is 212 g/mol. The summed E-state index contributed by atoms with van der Waals surface area (Å²) in [7, 11) is 0. The standard InChI is InChI=1S/C14H14N2O/c1-3-10(2)8-14(17)13-9-15-11-6-4-5-7-12(11)16-13/h4-7,9H,2-3,8H2,1H3. The number of para-hydroxylation sites is 2. The van der Waals surface area contributed by atoms with Crippen LogP contribution in [0.3, 0.4) is 0 Å². The normalized spacial score (nSPS) is 10.4. The van der Waals surface area contributed by atoms with Crippen molar-refractivity contribution in [1.82, 2.24) is 9.97 Å². The quantitative estimate of drug-likeness (QED) is 0.594. The lowest BCUT2D eigenvalue weighted by Crippen LogP contribution is -2.04. The SMILES string of the molecule is C=C(CC)CC(=O)c1cnc2ccccc2n1. The summed E-state index contributed by atoms with van der Waals surface area (Å²) in [5, 5.41) is 0. The third-order valence-electron chi connectivity index (χ3n) is 2.64. The molecule has 0 radical (unpaired) electrons. The van der Waals surface area contributed by atoms with Gasteiger partial charge in [-0.25, -0.2) is 4.98 Å². The van der Waals surface area contributed by atoms with Crippen LogP contribution < -0.4 is 0 Å². The average Bonchev–Trinajstić information content (AvgIpc) is 2.38. The Hall–Kier alpha value is -2.03. The van der Waals surface area contributed by atoms with Gasteiger partial charge in [0.05, 0.1) is 17.2 Å². The van der Waals surface area contributed by atoms with Crippen LogP contribution in [0.1, 0.15) is 30.3 Å². The van der Waals surface area contributed by atoms with E-state index in [-0.39, 0.29) is 5.78 Å². The summed E-state index contributed by atoms with van der Waals surface area (Å²) in [6, 6.07) is 7.52. The number of fused-ring (bicyclic) bond motifs is 1. The van der Waals surface area contributed by atoms with Crippen LogP contribution in [0.5, 0.6) is 0 Å². The number of carbonyl (C=O) groups is 1. The Morgan fingerprint density at radius 3 is 2.71 bits per heavy atom. The maximum Gasteiger partial charge on any atom is 0.186 e. The number of Topliss-reactive ketones (excluding diaryl/α,β-unsaturated/α-hetero) is 1. The van der Waals surface area contributed by atoms with Crippen LogP contribution >= 0.6 is 0 Å². The van der Waals surface area contributed by atoms with Crippen LogP contribution in [0.2, 0.25) is 0 Å². The van der Waals surface area contributed by atoms with Crippen LogP contribution in [-0.4, -0.2) is 15.8 Å². The lowest BCUT2D eigenvalue weighted by atomic mass is 10.1. The molecule has 0 amide bonds. The zero-order valence-corrected chi connectivity index (χ0v) is 9.81. The monoisotopic (exact) mass is 226 g/mol. The second-order valence-corrected chi connectivity index (χ2v) is 3.95. The fourth-order valence-electron chi connectivity index (χ4n) is 1.53. The molecule has 2 aromatic rings. The summed E-state index contributed by atoms with van der Waals surface area (Å²) >= 11 is 0. The van der Waals surface area contributed by atoms with E-state index in [9.17, 15) is 4.79 Å². The molecule has 0 bridgehead atoms. The van der Waals surface area contributed by atoms with Gasteiger partial charge >= 0.3 is 0 Å². The van der Waals surface area contributed by atoms with Crippen molar-refractivity contribution in [3.05, 3.63) is 48.3 Å². The maximum absolute atomic E-state index is 11.9. The van der Waals surface area contributed by atoms with Gasteiger partial charge in [0.2, 0.25) is 0 Å². The predicted molar refractivity (Wildman–Crippen MR) is 67.9 cm³/mol. The molecular formula is C14H14N2O. The highest BCUT2D eigenvalue weighted by molar-refractivity contribution is 5.96. The molecule has 0 N–H and O–H groups in total. The summed E-state index contributed by atoms with van der Waals surface area (Å²) in [5.41, 5.74) is 2.89. The lowest BCUT2D eigenvalue weighted by Gasteiger charge is -2.02. The van der Waals surface area contributed by atoms with Gasteiger partial charge in [-0.3, -0.25) is 9.78 Å². The fourth-order valence-corrected chi connectivity index (χ4v) is 1.53. The van der Waals surface area contributed by atoms with E-state index in [1.807, 2.05) is 31.2 Å². The summed E-state index contributed by atoms with van der Waals surface area (Å²) in [6.07, 6.45) is 2.70. The third kappa shape index (κ3) is 2.56. The molecule has 17 heavy (non-hydrogen) atoms. The molecule has 1 aromatic carbocycles. The molecule has 1 aromatic heterocycles. The van der Waals surface area contributed by atoms with E-state index in [4.69, 9.17) is 0 Å². The number of benzene rings is 1.